The molecule has 0 aliphatic carbocycles. The highest BCUT2D eigenvalue weighted by atomic mass is 35.5. The third kappa shape index (κ3) is 7.78. The van der Waals surface area contributed by atoms with Crippen molar-refractivity contribution in [1.29, 1.82) is 0 Å². The highest BCUT2D eigenvalue weighted by Gasteiger charge is 2.16. The first-order chi connectivity index (χ1) is 24.6. The van der Waals surface area contributed by atoms with Crippen molar-refractivity contribution in [1.82, 2.24) is 9.97 Å². The topological polar surface area (TPSA) is 125 Å². The van der Waals surface area contributed by atoms with Crippen LogP contribution in [0.4, 0.5) is 0 Å². The highest BCUT2D eigenvalue weighted by molar-refractivity contribution is 6.31. The van der Waals surface area contributed by atoms with E-state index in [0.29, 0.717) is 61.8 Å². The average molecular weight is 720 g/mol. The Hall–Kier alpha value is -5.96. The molecule has 0 spiro atoms. The number of halogens is 2. The molecule has 2 aromatic heterocycles. The van der Waals surface area contributed by atoms with Gasteiger partial charge in [0.1, 0.15) is 29.6 Å². The molecule has 0 radical (unpaired) electrons. The lowest BCUT2D eigenvalue weighted by Crippen LogP contribution is -2.09. The van der Waals surface area contributed by atoms with Crippen LogP contribution in [0.1, 0.15) is 11.1 Å². The van der Waals surface area contributed by atoms with E-state index in [1.54, 1.807) is 73.8 Å². The number of ether oxygens (including phenoxy) is 2. The number of pyridine rings is 2. The second-order valence-electron chi connectivity index (χ2n) is 11.6. The first-order valence-electron chi connectivity index (χ1n) is 15.8. The van der Waals surface area contributed by atoms with Gasteiger partial charge in [-0.3, -0.25) is 9.59 Å². The first kappa shape index (κ1) is 34.9. The van der Waals surface area contributed by atoms with Gasteiger partial charge in [-0.25, -0.2) is 0 Å². The van der Waals surface area contributed by atoms with Gasteiger partial charge in [0, 0.05) is 20.8 Å². The van der Waals surface area contributed by atoms with E-state index in [9.17, 15) is 19.8 Å². The molecule has 0 aliphatic heterocycles. The van der Waals surface area contributed by atoms with Gasteiger partial charge >= 0.3 is 0 Å². The molecule has 0 unspecified atom stereocenters. The lowest BCUT2D eigenvalue weighted by atomic mass is 9.98. The zero-order valence-corrected chi connectivity index (χ0v) is 28.9. The molecule has 0 bridgehead atoms. The molecule has 7 aromatic rings. The van der Waals surface area contributed by atoms with Crippen LogP contribution in [0.2, 0.25) is 10.0 Å². The Kier molecular flexibility index (Phi) is 10.5. The number of fused-ring (bicyclic) bond motifs is 2. The normalized spacial score (nSPS) is 10.8. The standard InChI is InChI=1S/C23H18ClNO3.C18H14ClNO3/c1-28-18-8-5-14(6-9-18)11-15-3-2-4-16(12-15)21-22(26)19-10-7-17(24)13-20(19)25-23(21)27;1-2-8-23-13-5-3-4-11(9-13)16-17(21)14-7-6-12(19)10-15(14)20-18(16)22/h2-10,12-13H,11H2,1H3,(H2,25,26,27);2-7,9-10H,1,8H2,(H2,20,21,22). The molecule has 51 heavy (non-hydrogen) atoms. The van der Waals surface area contributed by atoms with Gasteiger partial charge in [0.25, 0.3) is 11.1 Å². The molecule has 0 aliphatic rings. The van der Waals surface area contributed by atoms with Crippen molar-refractivity contribution in [3.63, 3.8) is 0 Å². The van der Waals surface area contributed by atoms with E-state index in [0.717, 1.165) is 16.9 Å². The molecular weight excluding hydrogens is 687 g/mol. The quantitative estimate of drug-likeness (QED) is 0.116. The zero-order chi connectivity index (χ0) is 36.1. The number of hydrogen-bond donors (Lipinski definition) is 4. The summed E-state index contributed by atoms with van der Waals surface area (Å²) in [7, 11) is 1.64. The van der Waals surface area contributed by atoms with Gasteiger partial charge in [-0.15, -0.1) is 0 Å². The van der Waals surface area contributed by atoms with Gasteiger partial charge in [-0.2, -0.15) is 0 Å². The van der Waals surface area contributed by atoms with E-state index >= 15 is 0 Å². The van der Waals surface area contributed by atoms with Crippen molar-refractivity contribution in [2.24, 2.45) is 0 Å². The van der Waals surface area contributed by atoms with Crippen LogP contribution in [0, 0.1) is 0 Å². The van der Waals surface area contributed by atoms with Gasteiger partial charge in [-0.1, -0.05) is 84.4 Å². The van der Waals surface area contributed by atoms with Gasteiger partial charge in [0.2, 0.25) is 0 Å². The van der Waals surface area contributed by atoms with Crippen molar-refractivity contribution >= 4 is 45.0 Å². The summed E-state index contributed by atoms with van der Waals surface area (Å²) in [4.78, 5) is 30.6. The number of nitrogens with one attached hydrogen (secondary N) is 2. The highest BCUT2D eigenvalue weighted by Crippen LogP contribution is 2.35. The third-order valence-corrected chi connectivity index (χ3v) is 8.64. The van der Waals surface area contributed by atoms with Crippen LogP contribution in [0.3, 0.4) is 0 Å². The largest absolute Gasteiger partial charge is 0.506 e. The predicted octanol–water partition coefficient (Wildman–Crippen LogP) is 9.27. The van der Waals surface area contributed by atoms with Crippen molar-refractivity contribution in [3.8, 4) is 45.3 Å². The van der Waals surface area contributed by atoms with Crippen LogP contribution in [0.5, 0.6) is 23.0 Å². The molecule has 2 heterocycles. The number of aromatic hydroxyl groups is 2. The van der Waals surface area contributed by atoms with Gasteiger partial charge in [0.15, 0.2) is 0 Å². The number of hydrogen-bond acceptors (Lipinski definition) is 6. The summed E-state index contributed by atoms with van der Waals surface area (Å²) >= 11 is 11.9. The van der Waals surface area contributed by atoms with E-state index in [1.807, 2.05) is 48.5 Å². The molecular formula is C41H32Cl2N2O6. The van der Waals surface area contributed by atoms with Gasteiger partial charge in [0.05, 0.1) is 29.3 Å². The fourth-order valence-electron chi connectivity index (χ4n) is 5.75. The Labute approximate surface area is 302 Å². The average Bonchev–Trinajstić information content (AvgIpc) is 3.11. The summed E-state index contributed by atoms with van der Waals surface area (Å²) in [6.45, 7) is 3.96. The molecule has 0 saturated heterocycles. The number of H-pyrrole nitrogens is 2. The number of rotatable bonds is 8. The van der Waals surface area contributed by atoms with E-state index in [4.69, 9.17) is 32.7 Å². The van der Waals surface area contributed by atoms with Crippen LogP contribution in [-0.4, -0.2) is 33.9 Å². The second kappa shape index (κ2) is 15.3. The van der Waals surface area contributed by atoms with E-state index in [1.165, 1.54) is 0 Å². The fourth-order valence-corrected chi connectivity index (χ4v) is 6.10. The molecule has 7 rings (SSSR count). The van der Waals surface area contributed by atoms with Gasteiger partial charge < -0.3 is 29.7 Å². The molecule has 5 aromatic carbocycles. The van der Waals surface area contributed by atoms with Crippen LogP contribution in [0.25, 0.3) is 44.1 Å². The van der Waals surface area contributed by atoms with Crippen molar-refractivity contribution < 1.29 is 19.7 Å². The minimum absolute atomic E-state index is 0.0444. The van der Waals surface area contributed by atoms with Crippen molar-refractivity contribution in [2.45, 2.75) is 6.42 Å². The summed E-state index contributed by atoms with van der Waals surface area (Å²) in [5.41, 5.74) is 4.11. The lowest BCUT2D eigenvalue weighted by Gasteiger charge is -2.10. The van der Waals surface area contributed by atoms with E-state index < -0.39 is 5.56 Å². The maximum atomic E-state index is 12.6. The molecule has 0 saturated carbocycles. The molecule has 0 atom stereocenters. The predicted molar refractivity (Wildman–Crippen MR) is 205 cm³/mol. The second-order valence-corrected chi connectivity index (χ2v) is 12.5. The van der Waals surface area contributed by atoms with Crippen LogP contribution in [0.15, 0.2) is 131 Å². The minimum atomic E-state index is -0.391. The Balaban J connectivity index is 0.000000179. The molecule has 256 valence electrons. The number of methoxy groups -OCH3 is 1. The van der Waals surface area contributed by atoms with Crippen molar-refractivity contribution in [3.05, 3.63) is 164 Å². The Bertz CT molecular complexity index is 2510. The van der Waals surface area contributed by atoms with Crippen molar-refractivity contribution in [2.75, 3.05) is 13.7 Å². The molecule has 4 N–H and O–H groups in total. The number of aromatic amines is 2. The van der Waals surface area contributed by atoms with Crippen LogP contribution >= 0.6 is 23.2 Å². The summed E-state index contributed by atoms with van der Waals surface area (Å²) in [5, 5.41) is 23.3. The van der Waals surface area contributed by atoms with Gasteiger partial charge in [-0.05, 0) is 89.3 Å². The number of aromatic nitrogens is 2. The molecule has 10 heteroatoms. The lowest BCUT2D eigenvalue weighted by molar-refractivity contribution is 0.363. The Morgan fingerprint density at radius 1 is 0.667 bits per heavy atom. The summed E-state index contributed by atoms with van der Waals surface area (Å²) in [6.07, 6.45) is 2.34. The number of benzene rings is 5. The summed E-state index contributed by atoms with van der Waals surface area (Å²) in [5.74, 6) is 1.28. The minimum Gasteiger partial charge on any atom is -0.506 e. The van der Waals surface area contributed by atoms with E-state index in [2.05, 4.69) is 16.5 Å². The smallest absolute Gasteiger partial charge is 0.260 e. The summed E-state index contributed by atoms with van der Waals surface area (Å²) < 4.78 is 10.7. The third-order valence-electron chi connectivity index (χ3n) is 8.17. The van der Waals surface area contributed by atoms with Crippen LogP contribution in [-0.2, 0) is 6.42 Å². The first-order valence-corrected chi connectivity index (χ1v) is 16.6. The van der Waals surface area contributed by atoms with E-state index in [-0.39, 0.29) is 28.2 Å². The van der Waals surface area contributed by atoms with Crippen LogP contribution < -0.4 is 20.6 Å². The summed E-state index contributed by atoms with van der Waals surface area (Å²) in [6, 6.07) is 32.4. The maximum Gasteiger partial charge on any atom is 0.260 e. The molecule has 0 amide bonds. The Morgan fingerprint density at radius 3 is 1.76 bits per heavy atom. The maximum absolute atomic E-state index is 12.6. The monoisotopic (exact) mass is 718 g/mol. The SMILES string of the molecule is C=CCOc1cccc(-c2c(O)c3ccc(Cl)cc3[nH]c2=O)c1.COc1ccc(Cc2cccc(-c3c(O)c4ccc(Cl)cc4[nH]c3=O)c2)cc1. The molecule has 8 nitrogen and oxygen atoms in total. The zero-order valence-electron chi connectivity index (χ0n) is 27.4. The molecule has 0 fully saturated rings. The fraction of sp³-hybridized carbons (Fsp3) is 0.0732. The Morgan fingerprint density at radius 2 is 1.22 bits per heavy atom.